The number of pyridine rings is 2. The van der Waals surface area contributed by atoms with Gasteiger partial charge in [0.1, 0.15) is 69.6 Å². The largest absolute Gasteiger partial charge is 0.506 e. The second kappa shape index (κ2) is 36.6. The molecule has 20 rings (SSSR count). The van der Waals surface area contributed by atoms with Gasteiger partial charge in [-0.1, -0.05) is 6.07 Å². The lowest BCUT2D eigenvalue weighted by Crippen LogP contribution is -2.30. The van der Waals surface area contributed by atoms with Gasteiger partial charge in [-0.3, -0.25) is 29.0 Å². The number of H-pyrrole nitrogens is 1. The maximum Gasteiger partial charge on any atom is 0.292 e. The van der Waals surface area contributed by atoms with Gasteiger partial charge in [0.2, 0.25) is 5.56 Å². The molecule has 4 amide bonds. The Hall–Kier alpha value is -15.8. The summed E-state index contributed by atoms with van der Waals surface area (Å²) in [6.45, 7) is 4.88. The molecule has 5 aromatic carbocycles. The number of imidazole rings is 4. The van der Waals surface area contributed by atoms with Crippen molar-refractivity contribution in [3.05, 3.63) is 312 Å². The van der Waals surface area contributed by atoms with Crippen LogP contribution in [0, 0.1) is 41.8 Å². The number of aromatic nitrogens is 12. The molecular weight excluding hydrogens is 1680 g/mol. The van der Waals surface area contributed by atoms with Crippen molar-refractivity contribution in [1.82, 2.24) is 58.1 Å². The molecule has 1 aliphatic carbocycles. The van der Waals surface area contributed by atoms with Gasteiger partial charge >= 0.3 is 0 Å². The summed E-state index contributed by atoms with van der Waals surface area (Å²) >= 11 is 0. The van der Waals surface area contributed by atoms with Crippen molar-refractivity contribution in [3.8, 4) is 96.6 Å². The van der Waals surface area contributed by atoms with Gasteiger partial charge in [-0.25, -0.2) is 65.0 Å². The third kappa shape index (κ3) is 18.3. The maximum atomic E-state index is 14.7. The second-order valence-corrected chi connectivity index (χ2v) is 29.6. The van der Waals surface area contributed by atoms with Gasteiger partial charge in [0.05, 0.1) is 124 Å². The van der Waals surface area contributed by atoms with Crippen LogP contribution in [0.2, 0.25) is 0 Å². The molecular formula is C91H70F8N16O13. The van der Waals surface area contributed by atoms with Crippen molar-refractivity contribution in [1.29, 1.82) is 0 Å². The fourth-order valence-electron chi connectivity index (χ4n) is 14.4. The minimum atomic E-state index is -2.95. The van der Waals surface area contributed by atoms with E-state index in [0.717, 1.165) is 23.4 Å². The number of phenolic OH excluding ortho intramolecular Hbond substituents is 1. The SMILES string of the molecule is Cc1cc(NC(=O)c2ccc(-c3c(-c4ccc(F)cc4)ncn3C3CCCC3(F)F)o2)c(F)cn1.O=C(Nc1c(O)cccc1F)c1ccc(-c2c(-c3ccc(F)cc3)ncn2C2COC2)o1.O=C(Nc1cc[nH]c(=O)c1)c1ccc(-c2c(-c3ccc(F)cc3)ncn2C2COC2)o1.O=C(Nc1ccncn1)c1ccc(-c2c(-c3ccc(F)cc3)ncn2C2COC2)o1. The van der Waals surface area contributed by atoms with Crippen LogP contribution in [0.3, 0.4) is 0 Å². The molecule has 648 valence electrons. The average molecular weight is 1750 g/mol. The number of aromatic hydroxyl groups is 1. The summed E-state index contributed by atoms with van der Waals surface area (Å²) < 4.78 is 157. The molecule has 29 nitrogen and oxygen atoms in total. The van der Waals surface area contributed by atoms with Gasteiger partial charge in [0.25, 0.3) is 29.6 Å². The van der Waals surface area contributed by atoms with Crippen LogP contribution in [-0.4, -0.2) is 132 Å². The van der Waals surface area contributed by atoms with Crippen LogP contribution in [0.15, 0.2) is 261 Å². The predicted octanol–water partition coefficient (Wildman–Crippen LogP) is 18.0. The number of hydrogen-bond donors (Lipinski definition) is 6. The fourth-order valence-corrected chi connectivity index (χ4v) is 14.4. The van der Waals surface area contributed by atoms with Crippen molar-refractivity contribution < 1.29 is 91.3 Å². The lowest BCUT2D eigenvalue weighted by Gasteiger charge is -2.28. The van der Waals surface area contributed by atoms with Crippen LogP contribution < -0.4 is 26.8 Å². The summed E-state index contributed by atoms with van der Waals surface area (Å²) in [5.74, 6) is -6.90. The third-order valence-electron chi connectivity index (χ3n) is 21.1. The second-order valence-electron chi connectivity index (χ2n) is 29.6. The number of carbonyl (C=O) groups is 4. The first-order valence-electron chi connectivity index (χ1n) is 39.6. The molecule has 128 heavy (non-hydrogen) atoms. The monoisotopic (exact) mass is 1750 g/mol. The average Bonchev–Trinajstić information content (AvgIpc) is 1.63. The van der Waals surface area contributed by atoms with E-state index in [4.69, 9.17) is 31.9 Å². The highest BCUT2D eigenvalue weighted by molar-refractivity contribution is 6.05. The Kier molecular flexibility index (Phi) is 24.1. The molecule has 11 aromatic heterocycles. The van der Waals surface area contributed by atoms with Gasteiger partial charge in [0.15, 0.2) is 57.7 Å². The summed E-state index contributed by atoms with van der Waals surface area (Å²) in [5.41, 5.74) is 7.14. The molecule has 14 heterocycles. The summed E-state index contributed by atoms with van der Waals surface area (Å²) in [5, 5.41) is 19.9. The highest BCUT2D eigenvalue weighted by Crippen LogP contribution is 2.48. The summed E-state index contributed by atoms with van der Waals surface area (Å²) in [6.07, 6.45) is 12.0. The number of phenols is 1. The number of benzene rings is 5. The van der Waals surface area contributed by atoms with Crippen LogP contribution >= 0.6 is 0 Å². The highest BCUT2D eigenvalue weighted by Gasteiger charge is 2.47. The molecule has 37 heteroatoms. The molecule has 0 spiro atoms. The van der Waals surface area contributed by atoms with E-state index in [-0.39, 0.29) is 99.8 Å². The normalized spacial score (nSPS) is 14.6. The fraction of sp³-hybridized carbons (Fsp3) is 0.165. The molecule has 0 radical (unpaired) electrons. The van der Waals surface area contributed by atoms with Crippen LogP contribution in [0.5, 0.6) is 5.75 Å². The van der Waals surface area contributed by atoms with E-state index in [1.54, 1.807) is 105 Å². The number of nitrogens with zero attached hydrogens (tertiary/aromatic N) is 11. The number of para-hydroxylation sites is 1. The molecule has 4 fully saturated rings. The Morgan fingerprint density at radius 3 is 1.24 bits per heavy atom. The number of nitrogens with one attached hydrogen (secondary N) is 5. The van der Waals surface area contributed by atoms with Crippen LogP contribution in [0.4, 0.5) is 58.0 Å². The number of amides is 4. The van der Waals surface area contributed by atoms with Crippen LogP contribution in [0.1, 0.15) is 91.3 Å². The van der Waals surface area contributed by atoms with E-state index >= 15 is 0 Å². The lowest BCUT2D eigenvalue weighted by molar-refractivity contribution is -0.0302. The van der Waals surface area contributed by atoms with Gasteiger partial charge in [-0.15, -0.1) is 0 Å². The van der Waals surface area contributed by atoms with Crippen LogP contribution in [-0.2, 0) is 14.2 Å². The number of aromatic amines is 1. The molecule has 6 N–H and O–H groups in total. The number of halogens is 8. The first kappa shape index (κ1) is 84.5. The number of aryl methyl sites for hydroxylation is 1. The minimum Gasteiger partial charge on any atom is -0.506 e. The Morgan fingerprint density at radius 1 is 0.453 bits per heavy atom. The first-order valence-corrected chi connectivity index (χ1v) is 39.6. The van der Waals surface area contributed by atoms with Gasteiger partial charge in [-0.05, 0) is 196 Å². The third-order valence-corrected chi connectivity index (χ3v) is 21.1. The Bertz CT molecular complexity index is 6770. The standard InChI is InChI=1S/C25H20F4N4O2.C23H17F2N3O4.C22H17FN4O4.C21H16FN5O3/c1-14-11-18(17(27)12-30-14)32-24(34)20-9-8-19(35-20)23-22(15-4-6-16(26)7-5-15)31-13-33(23)21-3-2-10-25(21,28)29;24-14-6-4-13(5-7-14)20-22(28(12-26-20)15-10-31-11-15)18-8-9-19(32-18)23(30)27-21-16(25)2-1-3-17(21)29;23-14-3-1-13(2-4-14)20-21(27(12-25-20)16-10-30-11-16)17-5-6-18(31-17)22(29)26-15-7-8-24-19(28)9-15;22-14-3-1-13(2-4-14)19-20(27(12-25-19)15-9-29-10-15)16-5-6-17(30-16)21(28)26-18-7-8-23-11-24-18/h4-9,11-13,21H,2-3,10H2,1H3,(H,30,32,34);1-9,12,15,29H,10-11H2,(H,27,30);1-9,12,16H,10-11H2,(H2,24,26,28,29);1-8,11-12,15H,9-10H2,(H,23,24,26,28). The number of hydrogen-bond acceptors (Lipinski definition) is 20. The number of anilines is 4. The van der Waals surface area contributed by atoms with Crippen molar-refractivity contribution in [3.63, 3.8) is 0 Å². The van der Waals surface area contributed by atoms with E-state index in [9.17, 15) is 64.2 Å². The quantitative estimate of drug-likeness (QED) is 0.0305. The molecule has 4 aliphatic rings. The lowest BCUT2D eigenvalue weighted by atomic mass is 10.1. The van der Waals surface area contributed by atoms with Crippen molar-refractivity contribution in [2.45, 2.75) is 56.3 Å². The van der Waals surface area contributed by atoms with E-state index < -0.39 is 58.8 Å². The molecule has 0 bridgehead atoms. The minimum absolute atomic E-state index is 0.0458. The van der Waals surface area contributed by atoms with E-state index in [0.29, 0.717) is 132 Å². The Labute approximate surface area is 718 Å². The summed E-state index contributed by atoms with van der Waals surface area (Å²) in [4.78, 5) is 93.8. The summed E-state index contributed by atoms with van der Waals surface area (Å²) in [7, 11) is 0. The van der Waals surface area contributed by atoms with Crippen LogP contribution in [0.25, 0.3) is 90.8 Å². The maximum absolute atomic E-state index is 14.7. The topological polar surface area (TPSA) is 360 Å². The zero-order chi connectivity index (χ0) is 88.9. The number of furan rings is 4. The Morgan fingerprint density at radius 2 is 0.859 bits per heavy atom. The molecule has 1 saturated carbocycles. The zero-order valence-corrected chi connectivity index (χ0v) is 67.0. The number of alkyl halides is 2. The summed E-state index contributed by atoms with van der Waals surface area (Å²) in [6, 6.07) is 44.6. The zero-order valence-electron chi connectivity index (χ0n) is 67.0. The number of rotatable bonds is 20. The van der Waals surface area contributed by atoms with Crippen molar-refractivity contribution >= 4 is 46.5 Å². The van der Waals surface area contributed by atoms with Gasteiger partial charge in [-0.2, -0.15) is 0 Å². The predicted molar refractivity (Wildman–Crippen MR) is 447 cm³/mol. The molecule has 1 unspecified atom stereocenters. The smallest absolute Gasteiger partial charge is 0.292 e. The molecule has 16 aromatic rings. The van der Waals surface area contributed by atoms with Gasteiger partial charge in [0, 0.05) is 58.5 Å². The molecule has 1 atom stereocenters. The Balaban J connectivity index is 0.000000120. The highest BCUT2D eigenvalue weighted by atomic mass is 19.3. The molecule has 3 aliphatic heterocycles. The number of carbonyl (C=O) groups excluding carboxylic acids is 4. The van der Waals surface area contributed by atoms with Crippen molar-refractivity contribution in [2.75, 3.05) is 60.9 Å². The van der Waals surface area contributed by atoms with E-state index in [1.807, 2.05) is 13.7 Å². The van der Waals surface area contributed by atoms with E-state index in [2.05, 4.69) is 61.1 Å². The molecule has 3 saturated heterocycles. The van der Waals surface area contributed by atoms with Crippen molar-refractivity contribution in [2.24, 2.45) is 0 Å². The number of ether oxygens (including phenoxy) is 3. The van der Waals surface area contributed by atoms with E-state index in [1.165, 1.54) is 133 Å². The first-order chi connectivity index (χ1) is 62.0. The van der Waals surface area contributed by atoms with Gasteiger partial charge < -0.3 is 81.5 Å².